The molecule has 0 aliphatic carbocycles. The molecule has 0 atom stereocenters. The van der Waals surface area contributed by atoms with Gasteiger partial charge in [-0.3, -0.25) is 4.79 Å². The van der Waals surface area contributed by atoms with Crippen molar-refractivity contribution in [1.29, 1.82) is 0 Å². The minimum atomic E-state index is 0.105. The van der Waals surface area contributed by atoms with Crippen molar-refractivity contribution in [3.63, 3.8) is 0 Å². The summed E-state index contributed by atoms with van der Waals surface area (Å²) in [5.41, 5.74) is 3.17. The van der Waals surface area contributed by atoms with E-state index < -0.39 is 0 Å². The fraction of sp³-hybridized carbons (Fsp3) is 0.278. The quantitative estimate of drug-likeness (QED) is 0.800. The Kier molecular flexibility index (Phi) is 4.94. The second kappa shape index (κ2) is 6.90. The zero-order chi connectivity index (χ0) is 14.4. The highest BCUT2D eigenvalue weighted by Crippen LogP contribution is 2.11. The maximum Gasteiger partial charge on any atom is 0.254 e. The van der Waals surface area contributed by atoms with Crippen LogP contribution >= 0.6 is 0 Å². The predicted octanol–water partition coefficient (Wildman–Crippen LogP) is 4.05. The van der Waals surface area contributed by atoms with Crippen LogP contribution < -0.4 is 0 Å². The molecule has 104 valence electrons. The van der Waals surface area contributed by atoms with E-state index in [0.29, 0.717) is 6.54 Å². The van der Waals surface area contributed by atoms with Crippen LogP contribution in [0.4, 0.5) is 0 Å². The van der Waals surface area contributed by atoms with Crippen molar-refractivity contribution in [1.82, 2.24) is 4.90 Å². The van der Waals surface area contributed by atoms with Gasteiger partial charge in [0.15, 0.2) is 0 Å². The van der Waals surface area contributed by atoms with Crippen molar-refractivity contribution in [3.05, 3.63) is 71.3 Å². The Hall–Kier alpha value is -2.09. The van der Waals surface area contributed by atoms with Crippen LogP contribution in [-0.4, -0.2) is 17.4 Å². The molecule has 0 fully saturated rings. The average Bonchev–Trinajstić information content (AvgIpc) is 2.49. The second-order valence-corrected chi connectivity index (χ2v) is 5.08. The number of rotatable bonds is 5. The largest absolute Gasteiger partial charge is 0.334 e. The molecule has 0 aromatic heterocycles. The van der Waals surface area contributed by atoms with E-state index in [4.69, 9.17) is 0 Å². The molecule has 2 aromatic carbocycles. The van der Waals surface area contributed by atoms with E-state index in [0.717, 1.165) is 18.5 Å². The number of carbonyl (C=O) groups excluding carboxylic acids is 1. The highest BCUT2D eigenvalue weighted by atomic mass is 16.2. The molecule has 1 amide bonds. The van der Waals surface area contributed by atoms with Crippen LogP contribution in [0.2, 0.25) is 0 Å². The molecular formula is C18H21NO. The van der Waals surface area contributed by atoms with Gasteiger partial charge in [-0.15, -0.1) is 0 Å². The van der Waals surface area contributed by atoms with Gasteiger partial charge in [0, 0.05) is 18.7 Å². The molecule has 2 rings (SSSR count). The highest BCUT2D eigenvalue weighted by molar-refractivity contribution is 5.94. The Morgan fingerprint density at radius 1 is 1.00 bits per heavy atom. The molecule has 2 aromatic rings. The van der Waals surface area contributed by atoms with Crippen molar-refractivity contribution < 1.29 is 4.79 Å². The molecule has 0 aliphatic rings. The molecule has 0 N–H and O–H groups in total. The molecule has 0 unspecified atom stereocenters. The first-order valence-corrected chi connectivity index (χ1v) is 7.10. The molecule has 0 aliphatic heterocycles. The van der Waals surface area contributed by atoms with Gasteiger partial charge < -0.3 is 4.90 Å². The molecule has 0 saturated heterocycles. The maximum absolute atomic E-state index is 12.5. The number of hydrogen-bond donors (Lipinski definition) is 0. The van der Waals surface area contributed by atoms with Gasteiger partial charge in [0.25, 0.3) is 5.91 Å². The first-order chi connectivity index (χ1) is 9.70. The van der Waals surface area contributed by atoms with Crippen LogP contribution in [0.5, 0.6) is 0 Å². The molecule has 20 heavy (non-hydrogen) atoms. The predicted molar refractivity (Wildman–Crippen MR) is 82.7 cm³/mol. The zero-order valence-corrected chi connectivity index (χ0v) is 12.2. The third-order valence-corrected chi connectivity index (χ3v) is 3.30. The summed E-state index contributed by atoms with van der Waals surface area (Å²) in [6.45, 7) is 5.62. The van der Waals surface area contributed by atoms with Gasteiger partial charge >= 0.3 is 0 Å². The number of hydrogen-bond acceptors (Lipinski definition) is 1. The van der Waals surface area contributed by atoms with Gasteiger partial charge in [0.2, 0.25) is 0 Å². The Labute approximate surface area is 121 Å². The minimum absolute atomic E-state index is 0.105. The van der Waals surface area contributed by atoms with E-state index in [9.17, 15) is 4.79 Å². The van der Waals surface area contributed by atoms with Crippen LogP contribution in [0.1, 0.15) is 34.8 Å². The first-order valence-electron chi connectivity index (χ1n) is 7.10. The van der Waals surface area contributed by atoms with Crippen LogP contribution in [0.3, 0.4) is 0 Å². The van der Waals surface area contributed by atoms with Crippen molar-refractivity contribution in [2.75, 3.05) is 6.54 Å². The van der Waals surface area contributed by atoms with E-state index in [1.165, 1.54) is 11.1 Å². The summed E-state index contributed by atoms with van der Waals surface area (Å²) in [5, 5.41) is 0. The van der Waals surface area contributed by atoms with E-state index in [2.05, 4.69) is 38.1 Å². The molecule has 2 heteroatoms. The summed E-state index contributed by atoms with van der Waals surface area (Å²) >= 11 is 0. The minimum Gasteiger partial charge on any atom is -0.334 e. The second-order valence-electron chi connectivity index (χ2n) is 5.08. The Morgan fingerprint density at radius 2 is 1.65 bits per heavy atom. The number of carbonyl (C=O) groups is 1. The summed E-state index contributed by atoms with van der Waals surface area (Å²) in [6.07, 6.45) is 0.963. The lowest BCUT2D eigenvalue weighted by Crippen LogP contribution is -2.31. The van der Waals surface area contributed by atoms with Gasteiger partial charge in [-0.25, -0.2) is 0 Å². The van der Waals surface area contributed by atoms with Crippen molar-refractivity contribution in [2.24, 2.45) is 0 Å². The molecule has 0 radical (unpaired) electrons. The van der Waals surface area contributed by atoms with Crippen LogP contribution in [0.25, 0.3) is 0 Å². The van der Waals surface area contributed by atoms with Crippen LogP contribution in [-0.2, 0) is 6.54 Å². The molecule has 0 saturated carbocycles. The molecular weight excluding hydrogens is 246 g/mol. The topological polar surface area (TPSA) is 20.3 Å². The maximum atomic E-state index is 12.5. The van der Waals surface area contributed by atoms with Gasteiger partial charge in [0.1, 0.15) is 0 Å². The number of amides is 1. The Morgan fingerprint density at radius 3 is 2.25 bits per heavy atom. The number of benzene rings is 2. The van der Waals surface area contributed by atoms with Crippen LogP contribution in [0.15, 0.2) is 54.6 Å². The monoisotopic (exact) mass is 267 g/mol. The van der Waals surface area contributed by atoms with Gasteiger partial charge in [-0.05, 0) is 31.0 Å². The fourth-order valence-electron chi connectivity index (χ4n) is 2.20. The van der Waals surface area contributed by atoms with Gasteiger partial charge in [-0.2, -0.15) is 0 Å². The zero-order valence-electron chi connectivity index (χ0n) is 12.2. The fourth-order valence-corrected chi connectivity index (χ4v) is 2.20. The molecule has 2 nitrogen and oxygen atoms in total. The Balaban J connectivity index is 2.14. The number of nitrogens with zero attached hydrogens (tertiary/aromatic N) is 1. The normalized spacial score (nSPS) is 10.3. The molecule has 0 heterocycles. The summed E-state index contributed by atoms with van der Waals surface area (Å²) in [4.78, 5) is 14.4. The van der Waals surface area contributed by atoms with Crippen molar-refractivity contribution in [3.8, 4) is 0 Å². The Bertz CT molecular complexity index is 545. The van der Waals surface area contributed by atoms with Crippen LogP contribution in [0, 0.1) is 6.92 Å². The third-order valence-electron chi connectivity index (χ3n) is 3.30. The lowest BCUT2D eigenvalue weighted by atomic mass is 10.1. The smallest absolute Gasteiger partial charge is 0.254 e. The summed E-state index contributed by atoms with van der Waals surface area (Å²) in [7, 11) is 0. The van der Waals surface area contributed by atoms with Crippen molar-refractivity contribution >= 4 is 5.91 Å². The van der Waals surface area contributed by atoms with E-state index >= 15 is 0 Å². The van der Waals surface area contributed by atoms with Gasteiger partial charge in [0.05, 0.1) is 0 Å². The molecule has 0 spiro atoms. The third kappa shape index (κ3) is 3.70. The van der Waals surface area contributed by atoms with Crippen molar-refractivity contribution in [2.45, 2.75) is 26.8 Å². The SMILES string of the molecule is CCCN(Cc1ccc(C)cc1)C(=O)c1ccccc1. The number of aryl methyl sites for hydroxylation is 1. The van der Waals surface area contributed by atoms with Gasteiger partial charge in [-0.1, -0.05) is 55.0 Å². The van der Waals surface area contributed by atoms with E-state index in [-0.39, 0.29) is 5.91 Å². The van der Waals surface area contributed by atoms with E-state index in [1.54, 1.807) is 0 Å². The highest BCUT2D eigenvalue weighted by Gasteiger charge is 2.14. The lowest BCUT2D eigenvalue weighted by Gasteiger charge is -2.22. The summed E-state index contributed by atoms with van der Waals surface area (Å²) in [5.74, 6) is 0.105. The first kappa shape index (κ1) is 14.3. The molecule has 0 bridgehead atoms. The van der Waals surface area contributed by atoms with E-state index in [1.807, 2.05) is 35.2 Å². The lowest BCUT2D eigenvalue weighted by molar-refractivity contribution is 0.0743. The summed E-state index contributed by atoms with van der Waals surface area (Å²) < 4.78 is 0. The summed E-state index contributed by atoms with van der Waals surface area (Å²) in [6, 6.07) is 17.9. The average molecular weight is 267 g/mol. The standard InChI is InChI=1S/C18H21NO/c1-3-13-19(14-16-11-9-15(2)10-12-16)18(20)17-7-5-4-6-8-17/h4-12H,3,13-14H2,1-2H3.